The summed E-state index contributed by atoms with van der Waals surface area (Å²) in [6, 6.07) is 0. The molecule has 0 heteroatoms. The summed E-state index contributed by atoms with van der Waals surface area (Å²) in [4.78, 5) is 0. The maximum atomic E-state index is 2.38. The van der Waals surface area contributed by atoms with Crippen LogP contribution in [-0.2, 0) is 0 Å². The fraction of sp³-hybridized carbons (Fsp3) is 1.00. The molecule has 0 aromatic carbocycles. The number of rotatable bonds is 16. The monoisotopic (exact) mass is 282 g/mol. The van der Waals surface area contributed by atoms with Crippen LogP contribution in [-0.4, -0.2) is 0 Å². The van der Waals surface area contributed by atoms with E-state index < -0.39 is 0 Å². The summed E-state index contributed by atoms with van der Waals surface area (Å²) >= 11 is 0. The third kappa shape index (κ3) is 14.4. The first-order chi connectivity index (χ1) is 9.85. The highest BCUT2D eigenvalue weighted by atomic mass is 14.1. The van der Waals surface area contributed by atoms with Crippen molar-refractivity contribution in [3.63, 3.8) is 0 Å². The second-order valence-corrected chi connectivity index (χ2v) is 6.74. The molecule has 0 saturated carbocycles. The summed E-state index contributed by atoms with van der Waals surface area (Å²) in [5.41, 5.74) is 0. The normalized spacial score (nSPS) is 12.8. The Hall–Kier alpha value is 0. The summed E-state index contributed by atoms with van der Waals surface area (Å²) < 4.78 is 0. The minimum atomic E-state index is 1.02. The average Bonchev–Trinajstić information content (AvgIpc) is 2.47. The molecular weight excluding hydrogens is 240 g/mol. The predicted molar refractivity (Wildman–Crippen MR) is 94.4 cm³/mol. The molecule has 0 N–H and O–H groups in total. The van der Waals surface area contributed by atoms with E-state index in [0.29, 0.717) is 0 Å². The maximum absolute atomic E-state index is 2.38. The van der Waals surface area contributed by atoms with Crippen LogP contribution < -0.4 is 0 Å². The fourth-order valence-electron chi connectivity index (χ4n) is 3.16. The van der Waals surface area contributed by atoms with E-state index in [9.17, 15) is 0 Å². The van der Waals surface area contributed by atoms with E-state index in [1.165, 1.54) is 103 Å². The van der Waals surface area contributed by atoms with Crippen LogP contribution in [0.15, 0.2) is 0 Å². The van der Waals surface area contributed by atoms with Gasteiger partial charge in [0.25, 0.3) is 0 Å². The molecule has 0 saturated heterocycles. The lowest BCUT2D eigenvalue weighted by atomic mass is 9.92. The van der Waals surface area contributed by atoms with Crippen LogP contribution in [0.5, 0.6) is 0 Å². The van der Waals surface area contributed by atoms with Gasteiger partial charge in [-0.1, -0.05) is 124 Å². The van der Waals surface area contributed by atoms with Crippen LogP contribution in [0.1, 0.15) is 124 Å². The lowest BCUT2D eigenvalue weighted by Crippen LogP contribution is -1.99. The van der Waals surface area contributed by atoms with E-state index in [4.69, 9.17) is 0 Å². The molecule has 0 aliphatic rings. The van der Waals surface area contributed by atoms with Crippen molar-refractivity contribution >= 4 is 0 Å². The van der Waals surface area contributed by atoms with Crippen molar-refractivity contribution in [3.8, 4) is 0 Å². The Morgan fingerprint density at radius 1 is 0.450 bits per heavy atom. The Bertz CT molecular complexity index is 161. The molecule has 0 rings (SSSR count). The van der Waals surface area contributed by atoms with Crippen molar-refractivity contribution < 1.29 is 0 Å². The van der Waals surface area contributed by atoms with Crippen LogP contribution in [0, 0.1) is 5.92 Å². The zero-order chi connectivity index (χ0) is 14.9. The van der Waals surface area contributed by atoms with Crippen LogP contribution >= 0.6 is 0 Å². The second kappa shape index (κ2) is 17.1. The van der Waals surface area contributed by atoms with Crippen molar-refractivity contribution in [2.24, 2.45) is 5.92 Å². The molecule has 0 aromatic rings. The Kier molecular flexibility index (Phi) is 17.1. The van der Waals surface area contributed by atoms with Crippen molar-refractivity contribution in [3.05, 3.63) is 0 Å². The summed E-state index contributed by atoms with van der Waals surface area (Å²) in [5, 5.41) is 0. The molecule has 20 heavy (non-hydrogen) atoms. The maximum Gasteiger partial charge on any atom is -0.0417 e. The Morgan fingerprint density at radius 3 is 1.25 bits per heavy atom. The molecular formula is C20H42. The second-order valence-electron chi connectivity index (χ2n) is 6.74. The molecule has 1 unspecified atom stereocenters. The van der Waals surface area contributed by atoms with Crippen LogP contribution in [0.3, 0.4) is 0 Å². The largest absolute Gasteiger partial charge is 0.0654 e. The van der Waals surface area contributed by atoms with Crippen LogP contribution in [0.25, 0.3) is 0 Å². The van der Waals surface area contributed by atoms with Gasteiger partial charge in [0.15, 0.2) is 0 Å². The van der Waals surface area contributed by atoms with Gasteiger partial charge in [0.2, 0.25) is 0 Å². The zero-order valence-electron chi connectivity index (χ0n) is 14.9. The number of unbranched alkanes of at least 4 members (excludes halogenated alkanes) is 11. The minimum Gasteiger partial charge on any atom is -0.0654 e. The Morgan fingerprint density at radius 2 is 0.800 bits per heavy atom. The lowest BCUT2D eigenvalue weighted by molar-refractivity contribution is 0.395. The molecule has 0 radical (unpaired) electrons. The van der Waals surface area contributed by atoms with Gasteiger partial charge in [0.05, 0.1) is 0 Å². The number of hydrogen-bond acceptors (Lipinski definition) is 0. The lowest BCUT2D eigenvalue weighted by Gasteiger charge is -2.14. The Labute approximate surface area is 130 Å². The quantitative estimate of drug-likeness (QED) is 0.252. The highest BCUT2D eigenvalue weighted by Crippen LogP contribution is 2.21. The first-order valence-corrected chi connectivity index (χ1v) is 9.85. The molecule has 0 bridgehead atoms. The zero-order valence-corrected chi connectivity index (χ0v) is 14.9. The summed E-state index contributed by atoms with van der Waals surface area (Å²) in [6.07, 6.45) is 23.3. The average molecular weight is 283 g/mol. The molecule has 0 aliphatic carbocycles. The highest BCUT2D eigenvalue weighted by Gasteiger charge is 2.05. The fourth-order valence-corrected chi connectivity index (χ4v) is 3.16. The molecule has 0 aromatic heterocycles. The first-order valence-electron chi connectivity index (χ1n) is 9.85. The van der Waals surface area contributed by atoms with Crippen LogP contribution in [0.2, 0.25) is 0 Å². The van der Waals surface area contributed by atoms with Gasteiger partial charge in [0, 0.05) is 0 Å². The summed E-state index contributed by atoms with van der Waals surface area (Å²) in [7, 11) is 0. The molecule has 0 amide bonds. The van der Waals surface area contributed by atoms with Gasteiger partial charge in [0.1, 0.15) is 0 Å². The number of hydrogen-bond donors (Lipinski definition) is 0. The van der Waals surface area contributed by atoms with Crippen molar-refractivity contribution in [2.45, 2.75) is 124 Å². The molecule has 0 nitrogen and oxygen atoms in total. The van der Waals surface area contributed by atoms with Gasteiger partial charge in [-0.2, -0.15) is 0 Å². The summed E-state index contributed by atoms with van der Waals surface area (Å²) in [6.45, 7) is 6.99. The molecule has 1 atom stereocenters. The van der Waals surface area contributed by atoms with Gasteiger partial charge in [-0.25, -0.2) is 0 Å². The van der Waals surface area contributed by atoms with Gasteiger partial charge in [-0.05, 0) is 5.92 Å². The standard InChI is InChI=1S/C20H42/c1-4-7-9-10-11-12-13-14-15-17-19-20(6-3)18-16-8-5-2/h20H,4-19H2,1-3H3. The van der Waals surface area contributed by atoms with E-state index in [1.54, 1.807) is 0 Å². The minimum absolute atomic E-state index is 1.02. The van der Waals surface area contributed by atoms with Crippen LogP contribution in [0.4, 0.5) is 0 Å². The van der Waals surface area contributed by atoms with Gasteiger partial charge >= 0.3 is 0 Å². The van der Waals surface area contributed by atoms with E-state index in [-0.39, 0.29) is 0 Å². The molecule has 122 valence electrons. The van der Waals surface area contributed by atoms with E-state index >= 15 is 0 Å². The van der Waals surface area contributed by atoms with E-state index in [1.807, 2.05) is 0 Å². The highest BCUT2D eigenvalue weighted by molar-refractivity contribution is 4.58. The topological polar surface area (TPSA) is 0 Å². The first kappa shape index (κ1) is 20.0. The molecule has 0 spiro atoms. The third-order valence-electron chi connectivity index (χ3n) is 4.76. The molecule has 0 aliphatic heterocycles. The van der Waals surface area contributed by atoms with Crippen molar-refractivity contribution in [1.29, 1.82) is 0 Å². The molecule has 0 heterocycles. The summed E-state index contributed by atoms with van der Waals surface area (Å²) in [5.74, 6) is 1.02. The predicted octanol–water partition coefficient (Wildman–Crippen LogP) is 7.90. The van der Waals surface area contributed by atoms with Gasteiger partial charge < -0.3 is 0 Å². The Balaban J connectivity index is 3.20. The smallest absolute Gasteiger partial charge is 0.0417 e. The van der Waals surface area contributed by atoms with Gasteiger partial charge in [-0.3, -0.25) is 0 Å². The van der Waals surface area contributed by atoms with E-state index in [2.05, 4.69) is 20.8 Å². The molecule has 0 fully saturated rings. The SMILES string of the molecule is CCCCCCCCCCCCC(CC)CCCCC. The third-order valence-corrected chi connectivity index (χ3v) is 4.76. The van der Waals surface area contributed by atoms with E-state index in [0.717, 1.165) is 5.92 Å². The van der Waals surface area contributed by atoms with Gasteiger partial charge in [-0.15, -0.1) is 0 Å². The van der Waals surface area contributed by atoms with Crippen molar-refractivity contribution in [1.82, 2.24) is 0 Å². The van der Waals surface area contributed by atoms with Crippen molar-refractivity contribution in [2.75, 3.05) is 0 Å².